The van der Waals surface area contributed by atoms with Crippen LogP contribution in [-0.2, 0) is 64.0 Å². The highest BCUT2D eigenvalue weighted by molar-refractivity contribution is 5.97. The van der Waals surface area contributed by atoms with Crippen LogP contribution in [0.3, 0.4) is 0 Å². The Bertz CT molecular complexity index is 2520. The summed E-state index contributed by atoms with van der Waals surface area (Å²) >= 11 is 0. The van der Waals surface area contributed by atoms with E-state index < -0.39 is 120 Å². The SMILES string of the molecule is CC(NC(=O)C(CCCCNC(=O)CN1CCN(CC(=O)O)CCN(CC(=O)O)CCN(CC(=O)O)CC1)NC(=O)C(CCCNC(=N)N)NC(=O)C(NC(=O)C(Cc1ccc(O)cc1)NC(=O)CNC(=O)CNC(=O)C1CCCN1)C(C)C)C(=O)N(C)C. The molecule has 17 N–H and O–H groups in total. The van der Waals surface area contributed by atoms with Crippen molar-refractivity contribution < 1.29 is 78.0 Å². The summed E-state index contributed by atoms with van der Waals surface area (Å²) in [7, 11) is 2.99. The van der Waals surface area contributed by atoms with Gasteiger partial charge in [-0.25, -0.2) is 0 Å². The third-order valence-corrected chi connectivity index (χ3v) is 14.6. The Kier molecular flexibility index (Phi) is 33.4. The van der Waals surface area contributed by atoms with E-state index in [9.17, 15) is 78.0 Å². The molecule has 0 spiro atoms. The molecule has 89 heavy (non-hydrogen) atoms. The number of hydrogen-bond acceptors (Lipinski definition) is 19. The molecule has 0 bridgehead atoms. The molecule has 0 aliphatic carbocycles. The van der Waals surface area contributed by atoms with E-state index in [1.54, 1.807) is 33.4 Å². The van der Waals surface area contributed by atoms with Gasteiger partial charge in [-0.15, -0.1) is 0 Å². The second kappa shape index (κ2) is 39.6. The van der Waals surface area contributed by atoms with Crippen molar-refractivity contribution in [2.45, 2.75) is 108 Å². The molecule has 498 valence electrons. The van der Waals surface area contributed by atoms with Gasteiger partial charge in [0.1, 0.15) is 36.0 Å². The van der Waals surface area contributed by atoms with Crippen LogP contribution in [0.5, 0.6) is 5.75 Å². The summed E-state index contributed by atoms with van der Waals surface area (Å²) in [4.78, 5) is 165. The van der Waals surface area contributed by atoms with Crippen LogP contribution < -0.4 is 58.9 Å². The number of amides is 9. The van der Waals surface area contributed by atoms with E-state index >= 15 is 0 Å². The van der Waals surface area contributed by atoms with Gasteiger partial charge in [0.25, 0.3) is 0 Å². The number of likely N-dealkylation sites (N-methyl/N-ethyl adjacent to an activating group) is 1. The van der Waals surface area contributed by atoms with Crippen LogP contribution in [-0.4, -0.2) is 284 Å². The summed E-state index contributed by atoms with van der Waals surface area (Å²) in [5.41, 5.74) is 6.00. The number of nitrogens with two attached hydrogens (primary N) is 1. The zero-order valence-electron chi connectivity index (χ0n) is 51.5. The third kappa shape index (κ3) is 30.5. The normalized spacial score (nSPS) is 17.1. The minimum atomic E-state index is -1.38. The van der Waals surface area contributed by atoms with Crippen molar-refractivity contribution in [2.24, 2.45) is 11.7 Å². The van der Waals surface area contributed by atoms with Gasteiger partial charge in [0.15, 0.2) is 5.96 Å². The van der Waals surface area contributed by atoms with Crippen LogP contribution >= 0.6 is 0 Å². The average molecular weight is 1260 g/mol. The molecule has 33 heteroatoms. The number of aromatic hydroxyl groups is 1. The van der Waals surface area contributed by atoms with Crippen molar-refractivity contribution in [2.75, 3.05) is 125 Å². The molecule has 1 aromatic rings. The largest absolute Gasteiger partial charge is 0.508 e. The van der Waals surface area contributed by atoms with Gasteiger partial charge >= 0.3 is 17.9 Å². The number of phenolic OH excluding ortho intramolecular Hbond substituents is 1. The quantitative estimate of drug-likeness (QED) is 0.0171. The minimum absolute atomic E-state index is 0.0328. The second-order valence-corrected chi connectivity index (χ2v) is 22.6. The first-order valence-electron chi connectivity index (χ1n) is 29.8. The Hall–Kier alpha value is -8.27. The molecule has 2 aliphatic rings. The fourth-order valence-corrected chi connectivity index (χ4v) is 9.66. The lowest BCUT2D eigenvalue weighted by Crippen LogP contribution is -2.60. The lowest BCUT2D eigenvalue weighted by Gasteiger charge is -2.32. The number of aliphatic carboxylic acids is 3. The number of hydrogen-bond donors (Lipinski definition) is 16. The van der Waals surface area contributed by atoms with E-state index in [0.717, 1.165) is 6.42 Å². The zero-order chi connectivity index (χ0) is 66.2. The fraction of sp³-hybridized carbons (Fsp3) is 0.661. The van der Waals surface area contributed by atoms with Crippen LogP contribution in [0.15, 0.2) is 24.3 Å². The van der Waals surface area contributed by atoms with Crippen LogP contribution in [0.1, 0.15) is 71.3 Å². The maximum atomic E-state index is 14.4. The Balaban J connectivity index is 1.78. The Morgan fingerprint density at radius 2 is 1.07 bits per heavy atom. The second-order valence-electron chi connectivity index (χ2n) is 22.6. The summed E-state index contributed by atoms with van der Waals surface area (Å²) in [6.07, 6.45) is 1.80. The smallest absolute Gasteiger partial charge is 0.317 e. The molecular weight excluding hydrogens is 1170 g/mol. The van der Waals surface area contributed by atoms with E-state index in [2.05, 4.69) is 53.2 Å². The molecular formula is C56H93N17O16. The highest BCUT2D eigenvalue weighted by atomic mass is 16.4. The van der Waals surface area contributed by atoms with Gasteiger partial charge in [-0.2, -0.15) is 0 Å². The van der Waals surface area contributed by atoms with Crippen molar-refractivity contribution in [1.29, 1.82) is 5.41 Å². The number of benzene rings is 1. The zero-order valence-corrected chi connectivity index (χ0v) is 51.5. The number of carboxylic acids is 3. The number of nitrogens with one attached hydrogen (secondary N) is 11. The summed E-state index contributed by atoms with van der Waals surface area (Å²) in [6, 6.07) is -1.08. The molecule has 1 aromatic carbocycles. The van der Waals surface area contributed by atoms with Crippen molar-refractivity contribution in [3.8, 4) is 5.75 Å². The number of rotatable bonds is 35. The van der Waals surface area contributed by atoms with Gasteiger partial charge in [-0.3, -0.25) is 82.5 Å². The van der Waals surface area contributed by atoms with Gasteiger partial charge in [-0.1, -0.05) is 26.0 Å². The highest BCUT2D eigenvalue weighted by Crippen LogP contribution is 2.14. The molecule has 0 radical (unpaired) electrons. The molecule has 0 aromatic heterocycles. The van der Waals surface area contributed by atoms with E-state index in [4.69, 9.17) is 11.1 Å². The standard InChI is InChI=1S/C56H93N17O16/c1-35(2)49(68-53(87)42(28-37-13-15-38(74)16-14-37)65-44(76)30-62-43(75)29-63-50(84)39-11-8-18-59-39)54(88)67-41(12-9-19-61-56(57)58)52(86)66-40(51(85)64-36(3)55(89)69(4)5)10-6-7-17-60-45(77)31-70-20-22-71(32-46(78)79)24-26-73(34-48(82)83)27-25-72(23-21-70)33-47(80)81/h13-16,35-36,39-42,49,59,74H,6-12,17-34H2,1-5H3,(H,60,77)(H,62,75)(H,63,84)(H,64,85)(H,65,76)(H,66,86)(H,67,88)(H,68,87)(H,78,79)(H,80,81)(H,82,83)(H4,57,58,61). The van der Waals surface area contributed by atoms with E-state index in [-0.39, 0.29) is 148 Å². The maximum absolute atomic E-state index is 14.4. The van der Waals surface area contributed by atoms with Crippen LogP contribution in [0.25, 0.3) is 0 Å². The molecule has 2 heterocycles. The number of nitrogens with zero attached hydrogens (tertiary/aromatic N) is 5. The van der Waals surface area contributed by atoms with Crippen molar-refractivity contribution in [3.05, 3.63) is 29.8 Å². The van der Waals surface area contributed by atoms with Gasteiger partial charge in [0.05, 0.1) is 45.3 Å². The molecule has 3 rings (SSSR count). The van der Waals surface area contributed by atoms with Crippen molar-refractivity contribution in [3.63, 3.8) is 0 Å². The molecule has 2 aliphatic heterocycles. The number of phenols is 1. The summed E-state index contributed by atoms with van der Waals surface area (Å²) < 4.78 is 0. The number of unbranched alkanes of at least 4 members (excludes halogenated alkanes) is 1. The topological polar surface area (TPSA) is 472 Å². The Morgan fingerprint density at radius 1 is 0.584 bits per heavy atom. The maximum Gasteiger partial charge on any atom is 0.317 e. The predicted molar refractivity (Wildman–Crippen MR) is 322 cm³/mol. The first-order chi connectivity index (χ1) is 42.1. The molecule has 2 saturated heterocycles. The van der Waals surface area contributed by atoms with Gasteiger partial charge in [0.2, 0.25) is 53.2 Å². The number of carbonyl (C=O) groups excluding carboxylic acids is 9. The number of carbonyl (C=O) groups is 12. The predicted octanol–water partition coefficient (Wildman–Crippen LogP) is -5.87. The Morgan fingerprint density at radius 3 is 1.56 bits per heavy atom. The molecule has 33 nitrogen and oxygen atoms in total. The highest BCUT2D eigenvalue weighted by Gasteiger charge is 2.34. The van der Waals surface area contributed by atoms with E-state index in [0.29, 0.717) is 18.5 Å². The fourth-order valence-electron chi connectivity index (χ4n) is 9.66. The molecule has 6 atom stereocenters. The van der Waals surface area contributed by atoms with Crippen molar-refractivity contribution in [1.82, 2.24) is 77.7 Å². The monoisotopic (exact) mass is 1260 g/mol. The first kappa shape index (κ1) is 75.0. The van der Waals surface area contributed by atoms with Crippen molar-refractivity contribution >= 4 is 77.0 Å². The molecule has 9 amide bonds. The lowest BCUT2D eigenvalue weighted by molar-refractivity contribution is -0.140. The average Bonchev–Trinajstić information content (AvgIpc) is 3.98. The first-order valence-corrected chi connectivity index (χ1v) is 29.8. The van der Waals surface area contributed by atoms with E-state index in [1.807, 2.05) is 0 Å². The Labute approximate surface area is 517 Å². The van der Waals surface area contributed by atoms with Gasteiger partial charge in [-0.05, 0) is 82.0 Å². The lowest BCUT2D eigenvalue weighted by atomic mass is 9.99. The van der Waals surface area contributed by atoms with Crippen LogP contribution in [0, 0.1) is 11.3 Å². The van der Waals surface area contributed by atoms with Crippen LogP contribution in [0.4, 0.5) is 0 Å². The van der Waals surface area contributed by atoms with Gasteiger partial charge in [0, 0.05) is 86.0 Å². The summed E-state index contributed by atoms with van der Waals surface area (Å²) in [5, 5.41) is 72.9. The summed E-state index contributed by atoms with van der Waals surface area (Å²) in [5.74, 6) is -10.3. The molecule has 2 fully saturated rings. The van der Waals surface area contributed by atoms with E-state index in [1.165, 1.54) is 50.2 Å². The number of guanidine groups is 1. The third-order valence-electron chi connectivity index (χ3n) is 14.6. The van der Waals surface area contributed by atoms with Gasteiger partial charge < -0.3 is 84.2 Å². The van der Waals surface area contributed by atoms with Crippen LogP contribution in [0.2, 0.25) is 0 Å². The minimum Gasteiger partial charge on any atom is -0.508 e. The summed E-state index contributed by atoms with van der Waals surface area (Å²) in [6.45, 7) is 5.01. The number of carboxylic acid groups (broad SMARTS) is 3. The molecule has 6 unspecified atom stereocenters. The molecule has 0 saturated carbocycles.